The minimum Gasteiger partial charge on any atom is -0.265 e. The standard InChI is InChI=1S/C11H10ClFN2/c1-8-4-5-14-15(8)7-9-2-3-11(13)10(12)6-9/h2-6H,7H2,1H3. The van der Waals surface area contributed by atoms with Gasteiger partial charge in [0.15, 0.2) is 0 Å². The van der Waals surface area contributed by atoms with E-state index in [2.05, 4.69) is 5.10 Å². The molecule has 0 spiro atoms. The first kappa shape index (κ1) is 10.2. The highest BCUT2D eigenvalue weighted by Gasteiger charge is 2.03. The zero-order chi connectivity index (χ0) is 10.8. The van der Waals surface area contributed by atoms with E-state index < -0.39 is 5.82 Å². The summed E-state index contributed by atoms with van der Waals surface area (Å²) in [5.74, 6) is -0.391. The molecule has 1 heterocycles. The van der Waals surface area contributed by atoms with Gasteiger partial charge in [0, 0.05) is 11.9 Å². The van der Waals surface area contributed by atoms with Gasteiger partial charge in [0.05, 0.1) is 11.6 Å². The van der Waals surface area contributed by atoms with Crippen molar-refractivity contribution in [2.24, 2.45) is 0 Å². The third kappa shape index (κ3) is 2.18. The molecule has 0 aliphatic carbocycles. The molecule has 0 atom stereocenters. The van der Waals surface area contributed by atoms with Gasteiger partial charge in [0.2, 0.25) is 0 Å². The van der Waals surface area contributed by atoms with Gasteiger partial charge >= 0.3 is 0 Å². The van der Waals surface area contributed by atoms with E-state index in [1.807, 2.05) is 17.7 Å². The largest absolute Gasteiger partial charge is 0.265 e. The number of rotatable bonds is 2. The lowest BCUT2D eigenvalue weighted by Crippen LogP contribution is -2.03. The maximum Gasteiger partial charge on any atom is 0.141 e. The summed E-state index contributed by atoms with van der Waals surface area (Å²) in [6, 6.07) is 6.63. The van der Waals surface area contributed by atoms with Crippen LogP contribution in [0.3, 0.4) is 0 Å². The van der Waals surface area contributed by atoms with Crippen molar-refractivity contribution in [1.29, 1.82) is 0 Å². The third-order valence-corrected chi connectivity index (χ3v) is 2.53. The molecular formula is C11H10ClFN2. The van der Waals surface area contributed by atoms with Crippen LogP contribution in [0.5, 0.6) is 0 Å². The van der Waals surface area contributed by atoms with Crippen molar-refractivity contribution in [3.05, 3.63) is 52.6 Å². The van der Waals surface area contributed by atoms with Gasteiger partial charge in [-0.25, -0.2) is 4.39 Å². The molecule has 4 heteroatoms. The van der Waals surface area contributed by atoms with Crippen molar-refractivity contribution in [3.8, 4) is 0 Å². The van der Waals surface area contributed by atoms with Gasteiger partial charge in [-0.1, -0.05) is 17.7 Å². The second kappa shape index (κ2) is 4.03. The summed E-state index contributed by atoms with van der Waals surface area (Å²) >= 11 is 5.69. The van der Waals surface area contributed by atoms with Crippen LogP contribution in [-0.4, -0.2) is 9.78 Å². The van der Waals surface area contributed by atoms with Gasteiger partial charge in [-0.05, 0) is 30.7 Å². The van der Waals surface area contributed by atoms with Crippen LogP contribution >= 0.6 is 11.6 Å². The molecule has 0 saturated heterocycles. The molecule has 1 aromatic carbocycles. The second-order valence-electron chi connectivity index (χ2n) is 3.38. The molecule has 1 aromatic heterocycles. The number of aryl methyl sites for hydroxylation is 1. The summed E-state index contributed by atoms with van der Waals surface area (Å²) in [6.07, 6.45) is 1.74. The molecule has 0 radical (unpaired) electrons. The van der Waals surface area contributed by atoms with Gasteiger partial charge < -0.3 is 0 Å². The van der Waals surface area contributed by atoms with Crippen LogP contribution in [0.1, 0.15) is 11.3 Å². The highest BCUT2D eigenvalue weighted by atomic mass is 35.5. The summed E-state index contributed by atoms with van der Waals surface area (Å²) in [5, 5.41) is 4.29. The number of benzene rings is 1. The smallest absolute Gasteiger partial charge is 0.141 e. The highest BCUT2D eigenvalue weighted by molar-refractivity contribution is 6.30. The Morgan fingerprint density at radius 1 is 1.40 bits per heavy atom. The Labute approximate surface area is 92.3 Å². The number of hydrogen-bond acceptors (Lipinski definition) is 1. The molecule has 2 rings (SSSR count). The lowest BCUT2D eigenvalue weighted by molar-refractivity contribution is 0.623. The van der Waals surface area contributed by atoms with Crippen molar-refractivity contribution in [2.45, 2.75) is 13.5 Å². The molecule has 0 aliphatic heterocycles. The van der Waals surface area contributed by atoms with Crippen LogP contribution in [0, 0.1) is 12.7 Å². The lowest BCUT2D eigenvalue weighted by Gasteiger charge is -2.05. The molecule has 0 N–H and O–H groups in total. The quantitative estimate of drug-likeness (QED) is 0.767. The van der Waals surface area contributed by atoms with Crippen molar-refractivity contribution in [3.63, 3.8) is 0 Å². The van der Waals surface area contributed by atoms with Crippen molar-refractivity contribution >= 4 is 11.6 Å². The van der Waals surface area contributed by atoms with Crippen LogP contribution < -0.4 is 0 Å². The van der Waals surface area contributed by atoms with E-state index in [4.69, 9.17) is 11.6 Å². The first-order chi connectivity index (χ1) is 7.16. The van der Waals surface area contributed by atoms with Crippen LogP contribution in [0.25, 0.3) is 0 Å². The predicted molar refractivity (Wildman–Crippen MR) is 57.5 cm³/mol. The molecule has 15 heavy (non-hydrogen) atoms. The molecule has 0 saturated carbocycles. The van der Waals surface area contributed by atoms with E-state index >= 15 is 0 Å². The molecule has 78 valence electrons. The average molecular weight is 225 g/mol. The minimum absolute atomic E-state index is 0.150. The Balaban J connectivity index is 2.25. The van der Waals surface area contributed by atoms with E-state index in [9.17, 15) is 4.39 Å². The maximum atomic E-state index is 12.9. The van der Waals surface area contributed by atoms with E-state index in [1.54, 1.807) is 18.3 Å². The predicted octanol–water partition coefficient (Wildman–Crippen LogP) is 3.03. The Morgan fingerprint density at radius 2 is 2.20 bits per heavy atom. The van der Waals surface area contributed by atoms with Crippen molar-refractivity contribution < 1.29 is 4.39 Å². The second-order valence-corrected chi connectivity index (χ2v) is 3.79. The molecule has 0 bridgehead atoms. The fourth-order valence-electron chi connectivity index (χ4n) is 1.38. The van der Waals surface area contributed by atoms with Crippen molar-refractivity contribution in [2.75, 3.05) is 0 Å². The molecule has 2 nitrogen and oxygen atoms in total. The van der Waals surface area contributed by atoms with Gasteiger partial charge in [0.1, 0.15) is 5.82 Å². The fraction of sp³-hybridized carbons (Fsp3) is 0.182. The maximum absolute atomic E-state index is 12.9. The van der Waals surface area contributed by atoms with E-state index in [1.165, 1.54) is 6.07 Å². The Morgan fingerprint density at radius 3 is 2.80 bits per heavy atom. The number of hydrogen-bond donors (Lipinski definition) is 0. The number of halogens is 2. The molecule has 0 fully saturated rings. The summed E-state index contributed by atoms with van der Waals surface area (Å²) in [5.41, 5.74) is 2.00. The van der Waals surface area contributed by atoms with E-state index in [-0.39, 0.29) is 5.02 Å². The Bertz CT molecular complexity index is 479. The first-order valence-corrected chi connectivity index (χ1v) is 4.97. The van der Waals surface area contributed by atoms with Gasteiger partial charge in [-0.15, -0.1) is 0 Å². The van der Waals surface area contributed by atoms with Crippen LogP contribution in [0.4, 0.5) is 4.39 Å². The first-order valence-electron chi connectivity index (χ1n) is 4.59. The zero-order valence-corrected chi connectivity index (χ0v) is 9.00. The average Bonchev–Trinajstić information content (AvgIpc) is 2.59. The van der Waals surface area contributed by atoms with E-state index in [0.717, 1.165) is 11.3 Å². The van der Waals surface area contributed by atoms with Gasteiger partial charge in [0.25, 0.3) is 0 Å². The van der Waals surface area contributed by atoms with Gasteiger partial charge in [-0.2, -0.15) is 5.10 Å². The number of nitrogens with zero attached hydrogens (tertiary/aromatic N) is 2. The molecule has 0 aliphatic rings. The normalized spacial score (nSPS) is 10.6. The molecular weight excluding hydrogens is 215 g/mol. The number of aromatic nitrogens is 2. The van der Waals surface area contributed by atoms with E-state index in [0.29, 0.717) is 6.54 Å². The summed E-state index contributed by atoms with van der Waals surface area (Å²) in [4.78, 5) is 0. The van der Waals surface area contributed by atoms with Crippen molar-refractivity contribution in [1.82, 2.24) is 9.78 Å². The molecule has 2 aromatic rings. The molecule has 0 amide bonds. The van der Waals surface area contributed by atoms with Crippen LogP contribution in [0.15, 0.2) is 30.5 Å². The minimum atomic E-state index is -0.391. The van der Waals surface area contributed by atoms with Crippen LogP contribution in [0.2, 0.25) is 5.02 Å². The SMILES string of the molecule is Cc1ccnn1Cc1ccc(F)c(Cl)c1. The Kier molecular flexibility index (Phi) is 2.73. The highest BCUT2D eigenvalue weighted by Crippen LogP contribution is 2.16. The summed E-state index contributed by atoms with van der Waals surface area (Å²) in [7, 11) is 0. The van der Waals surface area contributed by atoms with Crippen LogP contribution in [-0.2, 0) is 6.54 Å². The van der Waals surface area contributed by atoms with Gasteiger partial charge in [-0.3, -0.25) is 4.68 Å². The topological polar surface area (TPSA) is 17.8 Å². The fourth-order valence-corrected chi connectivity index (χ4v) is 1.58. The molecule has 0 unspecified atom stereocenters. The summed E-state index contributed by atoms with van der Waals surface area (Å²) in [6.45, 7) is 2.58. The summed E-state index contributed by atoms with van der Waals surface area (Å²) < 4.78 is 14.7. The monoisotopic (exact) mass is 224 g/mol. The zero-order valence-electron chi connectivity index (χ0n) is 8.24. The lowest BCUT2D eigenvalue weighted by atomic mass is 10.2. The Hall–Kier alpha value is -1.35. The third-order valence-electron chi connectivity index (χ3n) is 2.25.